The average molecular weight is 741 g/mol. The van der Waals surface area contributed by atoms with Gasteiger partial charge in [0.15, 0.2) is 17.3 Å². The van der Waals surface area contributed by atoms with Gasteiger partial charge in [0.05, 0.1) is 52.5 Å². The lowest BCUT2D eigenvalue weighted by Crippen LogP contribution is -2.47. The first-order valence-corrected chi connectivity index (χ1v) is 17.2. The molecule has 6 heterocycles. The van der Waals surface area contributed by atoms with Gasteiger partial charge >= 0.3 is 6.18 Å². The number of amides is 2. The van der Waals surface area contributed by atoms with Crippen molar-refractivity contribution in [1.82, 2.24) is 34.0 Å². The van der Waals surface area contributed by atoms with E-state index in [1.165, 1.54) is 10.9 Å². The monoisotopic (exact) mass is 740 g/mol. The normalized spacial score (nSPS) is 19.9. The lowest BCUT2D eigenvalue weighted by Gasteiger charge is -2.39. The summed E-state index contributed by atoms with van der Waals surface area (Å²) in [5.41, 5.74) is -0.790. The number of carbonyl (C=O) groups excluding carboxylic acids is 2. The van der Waals surface area contributed by atoms with Gasteiger partial charge in [0.25, 0.3) is 11.5 Å². The van der Waals surface area contributed by atoms with Gasteiger partial charge in [0.1, 0.15) is 18.5 Å². The van der Waals surface area contributed by atoms with Gasteiger partial charge in [0, 0.05) is 19.0 Å². The molecule has 4 aromatic rings. The molecule has 1 aliphatic carbocycles. The van der Waals surface area contributed by atoms with Crippen LogP contribution in [0, 0.1) is 0 Å². The smallest absolute Gasteiger partial charge is 0.416 e. The van der Waals surface area contributed by atoms with Gasteiger partial charge in [-0.05, 0) is 62.8 Å². The number of ether oxygens (including phenoxy) is 2. The first-order chi connectivity index (χ1) is 24.8. The van der Waals surface area contributed by atoms with Crippen molar-refractivity contribution in [3.05, 3.63) is 80.0 Å². The maximum atomic E-state index is 14.4. The first kappa shape index (κ1) is 34.2. The standard InChI is InChI=1S/C34H32ClF3N8O6/c1-17-27-24(33(52-17)8-10-44(11-9-33)31(50)26-28(48)25(18-2-3-18)39-16-40-26)30(49)46-32(42-29(43-46)19-6-12-51-13-7-19)45(27)15-23(47)41-22-5-4-20(14-21(22)35)34(36,37)38/h4-6,14,16-18,48H,2-3,7-13,15H2,1H3,(H,41,47)/t17-/m1/s1. The molecule has 2 amide bonds. The summed E-state index contributed by atoms with van der Waals surface area (Å²) < 4.78 is 54.4. The minimum absolute atomic E-state index is 0.0281. The lowest BCUT2D eigenvalue weighted by atomic mass is 9.85. The van der Waals surface area contributed by atoms with Crippen molar-refractivity contribution in [3.8, 4) is 5.75 Å². The van der Waals surface area contributed by atoms with Crippen molar-refractivity contribution in [3.63, 3.8) is 0 Å². The van der Waals surface area contributed by atoms with Crippen LogP contribution in [0.1, 0.15) is 89.9 Å². The predicted octanol–water partition coefficient (Wildman–Crippen LogP) is 4.60. The summed E-state index contributed by atoms with van der Waals surface area (Å²) in [5.74, 6) is -0.841. The number of piperidine rings is 1. The number of nitrogens with one attached hydrogen (secondary N) is 1. The number of halogens is 4. The molecular formula is C34H32ClF3N8O6. The van der Waals surface area contributed by atoms with Crippen molar-refractivity contribution in [2.24, 2.45) is 0 Å². The van der Waals surface area contributed by atoms with Gasteiger partial charge in [-0.1, -0.05) is 17.7 Å². The zero-order chi connectivity index (χ0) is 36.5. The molecule has 18 heteroatoms. The highest BCUT2D eigenvalue weighted by molar-refractivity contribution is 6.33. The molecule has 4 aliphatic rings. The fourth-order valence-electron chi connectivity index (χ4n) is 7.32. The van der Waals surface area contributed by atoms with Crippen LogP contribution >= 0.6 is 11.6 Å². The molecule has 0 radical (unpaired) electrons. The molecule has 1 atom stereocenters. The van der Waals surface area contributed by atoms with Crippen LogP contribution in [0.2, 0.25) is 5.02 Å². The summed E-state index contributed by atoms with van der Waals surface area (Å²) in [6.45, 7) is 2.48. The second kappa shape index (κ2) is 12.7. The number of nitrogens with zero attached hydrogens (tertiary/aromatic N) is 7. The number of hydrogen-bond donors (Lipinski definition) is 2. The molecule has 3 aromatic heterocycles. The van der Waals surface area contributed by atoms with E-state index in [2.05, 4.69) is 25.4 Å². The largest absolute Gasteiger partial charge is 0.504 e. The van der Waals surface area contributed by atoms with Crippen LogP contribution in [0.5, 0.6) is 5.75 Å². The van der Waals surface area contributed by atoms with E-state index in [1.54, 1.807) is 11.8 Å². The Labute approximate surface area is 298 Å². The number of rotatable bonds is 6. The second-order valence-electron chi connectivity index (χ2n) is 13.4. The van der Waals surface area contributed by atoms with Crippen LogP contribution in [0.3, 0.4) is 0 Å². The van der Waals surface area contributed by atoms with Crippen molar-refractivity contribution in [2.45, 2.75) is 69.4 Å². The highest BCUT2D eigenvalue weighted by atomic mass is 35.5. The number of likely N-dealkylation sites (tertiary alicyclic amines) is 1. The van der Waals surface area contributed by atoms with Crippen LogP contribution < -0.4 is 10.9 Å². The summed E-state index contributed by atoms with van der Waals surface area (Å²) in [6.07, 6.45) is 0.492. The summed E-state index contributed by atoms with van der Waals surface area (Å²) in [4.78, 5) is 56.0. The minimum Gasteiger partial charge on any atom is -0.504 e. The summed E-state index contributed by atoms with van der Waals surface area (Å²) in [5, 5.41) is 17.6. The Morgan fingerprint density at radius 2 is 1.94 bits per heavy atom. The van der Waals surface area contributed by atoms with E-state index in [4.69, 9.17) is 21.1 Å². The van der Waals surface area contributed by atoms with Crippen LogP contribution in [0.4, 0.5) is 18.9 Å². The topological polar surface area (TPSA) is 166 Å². The fourth-order valence-corrected chi connectivity index (χ4v) is 7.55. The summed E-state index contributed by atoms with van der Waals surface area (Å²) in [7, 11) is 0. The molecule has 2 fully saturated rings. The first-order valence-electron chi connectivity index (χ1n) is 16.8. The van der Waals surface area contributed by atoms with Gasteiger partial charge in [-0.2, -0.15) is 22.7 Å². The zero-order valence-corrected chi connectivity index (χ0v) is 28.5. The molecule has 1 aromatic carbocycles. The van der Waals surface area contributed by atoms with E-state index in [1.807, 2.05) is 6.08 Å². The Hall–Kier alpha value is -4.87. The second-order valence-corrected chi connectivity index (χ2v) is 13.8. The summed E-state index contributed by atoms with van der Waals surface area (Å²) in [6, 6.07) is 2.62. The Morgan fingerprint density at radius 1 is 1.17 bits per heavy atom. The Morgan fingerprint density at radius 3 is 2.62 bits per heavy atom. The van der Waals surface area contributed by atoms with Crippen molar-refractivity contribution in [1.29, 1.82) is 0 Å². The highest BCUT2D eigenvalue weighted by Crippen LogP contribution is 2.49. The molecule has 0 unspecified atom stereocenters. The number of aromatic hydroxyl groups is 1. The number of carbonyl (C=O) groups is 2. The van der Waals surface area contributed by atoms with Crippen LogP contribution in [0.25, 0.3) is 11.4 Å². The number of aromatic nitrogens is 6. The van der Waals surface area contributed by atoms with Gasteiger partial charge < -0.3 is 29.4 Å². The third kappa shape index (κ3) is 5.89. The highest BCUT2D eigenvalue weighted by Gasteiger charge is 2.51. The fraction of sp³-hybridized carbons (Fsp3) is 0.441. The van der Waals surface area contributed by atoms with Crippen LogP contribution in [-0.4, -0.2) is 77.3 Å². The maximum absolute atomic E-state index is 14.4. The molecule has 14 nitrogen and oxygen atoms in total. The van der Waals surface area contributed by atoms with Crippen molar-refractivity contribution in [2.75, 3.05) is 31.6 Å². The SMILES string of the molecule is C[C@H]1OC2(CCN(C(=O)c3ncnc(C4CC4)c3O)CC2)c2c1n(CC(=O)Nc1ccc(C(F)(F)F)cc1Cl)c1nc(C3=CCOCC3)nn1c2=O. The maximum Gasteiger partial charge on any atom is 0.416 e. The molecule has 2 N–H and O–H groups in total. The molecule has 3 aliphatic heterocycles. The van der Waals surface area contributed by atoms with E-state index >= 15 is 0 Å². The Balaban J connectivity index is 1.14. The predicted molar refractivity (Wildman–Crippen MR) is 178 cm³/mol. The van der Waals surface area contributed by atoms with E-state index in [9.17, 15) is 32.7 Å². The van der Waals surface area contributed by atoms with Gasteiger partial charge in [-0.3, -0.25) is 14.4 Å². The molecule has 1 saturated carbocycles. The Kier molecular flexibility index (Phi) is 8.34. The number of hydrogen-bond acceptors (Lipinski definition) is 10. The van der Waals surface area contributed by atoms with E-state index in [-0.39, 0.29) is 65.3 Å². The molecule has 52 heavy (non-hydrogen) atoms. The van der Waals surface area contributed by atoms with Crippen LogP contribution in [0.15, 0.2) is 35.4 Å². The third-order valence-electron chi connectivity index (χ3n) is 10.0. The molecule has 0 bridgehead atoms. The van der Waals surface area contributed by atoms with Gasteiger partial charge in [-0.15, -0.1) is 5.10 Å². The summed E-state index contributed by atoms with van der Waals surface area (Å²) >= 11 is 6.13. The van der Waals surface area contributed by atoms with E-state index in [0.717, 1.165) is 41.1 Å². The third-order valence-corrected chi connectivity index (χ3v) is 10.3. The lowest BCUT2D eigenvalue weighted by molar-refractivity contribution is -0.137. The van der Waals surface area contributed by atoms with Crippen molar-refractivity contribution < 1.29 is 37.3 Å². The molecule has 272 valence electrons. The quantitative estimate of drug-likeness (QED) is 0.285. The minimum atomic E-state index is -4.62. The molecular weight excluding hydrogens is 709 g/mol. The van der Waals surface area contributed by atoms with Gasteiger partial charge in [0.2, 0.25) is 11.7 Å². The van der Waals surface area contributed by atoms with Gasteiger partial charge in [-0.25, -0.2) is 9.97 Å². The van der Waals surface area contributed by atoms with E-state index < -0.39 is 47.4 Å². The molecule has 1 spiro atoms. The number of anilines is 1. The number of fused-ring (bicyclic) bond motifs is 3. The van der Waals surface area contributed by atoms with Crippen molar-refractivity contribution >= 4 is 40.5 Å². The number of benzene rings is 1. The molecule has 1 saturated heterocycles. The Bertz CT molecular complexity index is 2220. The molecule has 8 rings (SSSR count). The number of alkyl halides is 3. The zero-order valence-electron chi connectivity index (χ0n) is 27.7. The van der Waals surface area contributed by atoms with E-state index in [0.29, 0.717) is 36.8 Å². The average Bonchev–Trinajstić information content (AvgIpc) is 3.79. The van der Waals surface area contributed by atoms with Crippen LogP contribution in [-0.2, 0) is 32.6 Å².